The van der Waals surface area contributed by atoms with Crippen LogP contribution in [-0.4, -0.2) is 42.5 Å². The normalized spacial score (nSPS) is 43.4. The van der Waals surface area contributed by atoms with Gasteiger partial charge >= 0.3 is 7.67 Å². The molecule has 1 heterocycles. The molecule has 0 aromatic heterocycles. The highest BCUT2D eigenvalue weighted by atomic mass is 35.5. The Morgan fingerprint density at radius 2 is 2.43 bits per heavy atom. The first-order valence-electron chi connectivity index (χ1n) is 7.65. The number of hydrogen-bond acceptors (Lipinski definition) is 2. The summed E-state index contributed by atoms with van der Waals surface area (Å²) < 4.78 is 78.2. The second kappa shape index (κ2) is 6.31. The van der Waals surface area contributed by atoms with E-state index in [9.17, 15) is 4.57 Å². The fourth-order valence-corrected chi connectivity index (χ4v) is 2.52. The summed E-state index contributed by atoms with van der Waals surface area (Å²) in [6.07, 6.45) is -1.89. The second-order valence-corrected chi connectivity index (χ2v) is 4.66. The Morgan fingerprint density at radius 3 is 2.93 bits per heavy atom. The van der Waals surface area contributed by atoms with Gasteiger partial charge in [0.05, 0.1) is 6.61 Å². The molecule has 14 heavy (non-hydrogen) atoms. The van der Waals surface area contributed by atoms with Crippen LogP contribution in [0.25, 0.3) is 0 Å². The first-order valence-corrected chi connectivity index (χ1v) is 6.14. The molecule has 84 valence electrons. The van der Waals surface area contributed by atoms with Gasteiger partial charge in [0.1, 0.15) is 0 Å². The fraction of sp³-hybridized carbons (Fsp3) is 1.00. The number of rotatable bonds is 5. The molecular weight excluding hydrogens is 246 g/mol. The van der Waals surface area contributed by atoms with Crippen LogP contribution < -0.4 is 5.09 Å². The topological polar surface area (TPSA) is 41.6 Å². The van der Waals surface area contributed by atoms with E-state index in [4.69, 9.17) is 38.7 Å². The maximum Gasteiger partial charge on any atom is 0.343 e. The molecule has 1 atom stereocenters. The lowest BCUT2D eigenvalue weighted by Crippen LogP contribution is -2.35. The average molecular weight is 269 g/mol. The molecule has 0 amide bonds. The van der Waals surface area contributed by atoms with Crippen molar-refractivity contribution in [2.45, 2.75) is 6.37 Å². The summed E-state index contributed by atoms with van der Waals surface area (Å²) >= 11 is 10.8. The third kappa shape index (κ3) is 3.37. The Kier molecular flexibility index (Phi) is 2.41. The predicted octanol–water partition coefficient (Wildman–Crippen LogP) is 1.88. The molecule has 7 heteroatoms. The standard InChI is InChI=1S/C7H15Cl2N2O2P/c8-2-5-11(6-3-9)14(12)10-4-1-7-13-14/h1-7H2,(H,10,12)/i1D2,2D2,5D2,6D2. The van der Waals surface area contributed by atoms with Crippen LogP contribution in [0.5, 0.6) is 0 Å². The van der Waals surface area contributed by atoms with E-state index in [0.29, 0.717) is 0 Å². The van der Waals surface area contributed by atoms with E-state index in [2.05, 4.69) is 5.09 Å². The van der Waals surface area contributed by atoms with Crippen molar-refractivity contribution in [2.24, 2.45) is 0 Å². The number of alkyl halides is 2. The van der Waals surface area contributed by atoms with Gasteiger partial charge in [-0.15, -0.1) is 23.2 Å². The zero-order valence-electron chi connectivity index (χ0n) is 15.1. The molecule has 1 N–H and O–H groups in total. The van der Waals surface area contributed by atoms with Crippen LogP contribution in [0.3, 0.4) is 0 Å². The van der Waals surface area contributed by atoms with Crippen molar-refractivity contribution in [1.82, 2.24) is 9.76 Å². The maximum absolute atomic E-state index is 12.8. The molecule has 1 rings (SSSR count). The summed E-state index contributed by atoms with van der Waals surface area (Å²) in [5, 5.41) is 2.12. The van der Waals surface area contributed by atoms with Crippen molar-refractivity contribution in [3.8, 4) is 0 Å². The summed E-state index contributed by atoms with van der Waals surface area (Å²) in [6.45, 7) is -7.23. The van der Waals surface area contributed by atoms with E-state index in [0.717, 1.165) is 0 Å². The Morgan fingerprint density at radius 1 is 1.64 bits per heavy atom. The van der Waals surface area contributed by atoms with Crippen molar-refractivity contribution < 1.29 is 20.1 Å². The van der Waals surface area contributed by atoms with Crippen LogP contribution in [0.15, 0.2) is 0 Å². The fourth-order valence-electron chi connectivity index (χ4n) is 0.809. The van der Waals surface area contributed by atoms with Gasteiger partial charge in [0.2, 0.25) is 0 Å². The van der Waals surface area contributed by atoms with Crippen LogP contribution >= 0.6 is 30.9 Å². The van der Waals surface area contributed by atoms with Gasteiger partial charge in [0.15, 0.2) is 0 Å². The third-order valence-corrected chi connectivity index (χ3v) is 3.38. The summed E-state index contributed by atoms with van der Waals surface area (Å²) in [4.78, 5) is 0. The molecule has 1 fully saturated rings. The Bertz CT molecular complexity index is 460. The SMILES string of the molecule is [2H]C1([2H])CNP(=O)(N(C([2H])([2H])CCl)C([2H])([2H])C([2H])([2H])Cl)OC1. The van der Waals surface area contributed by atoms with E-state index < -0.39 is 51.9 Å². The number of hydrogen-bond donors (Lipinski definition) is 1. The zero-order chi connectivity index (χ0) is 17.6. The second-order valence-electron chi connectivity index (χ2n) is 2.19. The molecule has 1 aliphatic heterocycles. The van der Waals surface area contributed by atoms with Gasteiger partial charge in [0.25, 0.3) is 0 Å². The molecule has 0 spiro atoms. The van der Waals surface area contributed by atoms with Crippen LogP contribution in [0, 0.1) is 0 Å². The lowest BCUT2D eigenvalue weighted by Gasteiger charge is -2.33. The molecule has 1 saturated heterocycles. The molecule has 0 radical (unpaired) electrons. The van der Waals surface area contributed by atoms with Crippen molar-refractivity contribution in [2.75, 3.05) is 37.9 Å². The molecular formula is C7H15Cl2N2O2P. The highest BCUT2D eigenvalue weighted by Gasteiger charge is 2.32. The minimum atomic E-state index is -4.48. The van der Waals surface area contributed by atoms with Gasteiger partial charge in [-0.2, -0.15) is 0 Å². The quantitative estimate of drug-likeness (QED) is 0.611. The molecule has 0 aromatic rings. The van der Waals surface area contributed by atoms with Crippen LogP contribution in [0.2, 0.25) is 0 Å². The lowest BCUT2D eigenvalue weighted by atomic mass is 10.5. The van der Waals surface area contributed by atoms with Gasteiger partial charge in [-0.25, -0.2) is 9.76 Å². The van der Waals surface area contributed by atoms with E-state index in [-0.39, 0.29) is 4.67 Å². The number of halogens is 2. The Balaban J connectivity index is 3.33. The van der Waals surface area contributed by atoms with Gasteiger partial charge in [-0.1, -0.05) is 0 Å². The summed E-state index contributed by atoms with van der Waals surface area (Å²) in [5.41, 5.74) is 0. The number of nitrogens with zero attached hydrogens (tertiary/aromatic N) is 1. The maximum atomic E-state index is 12.8. The lowest BCUT2D eigenvalue weighted by molar-refractivity contribution is 0.233. The van der Waals surface area contributed by atoms with Crippen molar-refractivity contribution >= 4 is 30.9 Å². The molecule has 0 aliphatic carbocycles. The highest BCUT2D eigenvalue weighted by Crippen LogP contribution is 2.47. The van der Waals surface area contributed by atoms with E-state index in [1.165, 1.54) is 0 Å². The Labute approximate surface area is 106 Å². The molecule has 0 saturated carbocycles. The zero-order valence-corrected chi connectivity index (χ0v) is 9.49. The minimum absolute atomic E-state index is 0.0117. The van der Waals surface area contributed by atoms with Gasteiger partial charge in [0, 0.05) is 42.2 Å². The molecule has 4 nitrogen and oxygen atoms in total. The third-order valence-electron chi connectivity index (χ3n) is 1.37. The van der Waals surface area contributed by atoms with Crippen molar-refractivity contribution in [1.29, 1.82) is 0 Å². The van der Waals surface area contributed by atoms with Crippen LogP contribution in [-0.2, 0) is 9.09 Å². The molecule has 0 bridgehead atoms. The van der Waals surface area contributed by atoms with Crippen molar-refractivity contribution in [3.05, 3.63) is 0 Å². The Hall–Kier alpha value is 0.690. The summed E-state index contributed by atoms with van der Waals surface area (Å²) in [5.74, 6) is -3.97. The predicted molar refractivity (Wildman–Crippen MR) is 59.2 cm³/mol. The summed E-state index contributed by atoms with van der Waals surface area (Å²) in [6, 6.07) is 0. The van der Waals surface area contributed by atoms with E-state index in [1.807, 2.05) is 0 Å². The van der Waals surface area contributed by atoms with Gasteiger partial charge in [-0.05, 0) is 6.37 Å². The molecule has 1 unspecified atom stereocenters. The first-order chi connectivity index (χ1) is 9.59. The van der Waals surface area contributed by atoms with E-state index >= 15 is 0 Å². The van der Waals surface area contributed by atoms with Crippen LogP contribution in [0.4, 0.5) is 0 Å². The monoisotopic (exact) mass is 268 g/mol. The summed E-state index contributed by atoms with van der Waals surface area (Å²) in [7, 11) is -4.48. The van der Waals surface area contributed by atoms with Crippen LogP contribution in [0.1, 0.15) is 17.3 Å². The number of nitrogens with one attached hydrogen (secondary N) is 1. The van der Waals surface area contributed by atoms with E-state index in [1.54, 1.807) is 0 Å². The molecule has 1 aliphatic rings. The average Bonchev–Trinajstić information content (AvgIpc) is 2.32. The molecule has 0 aromatic carbocycles. The highest BCUT2D eigenvalue weighted by molar-refractivity contribution is 7.54. The van der Waals surface area contributed by atoms with Gasteiger partial charge < -0.3 is 4.52 Å². The largest absolute Gasteiger partial charge is 0.343 e. The first kappa shape index (κ1) is 5.35. The minimum Gasteiger partial charge on any atom is -0.306 e. The van der Waals surface area contributed by atoms with Crippen molar-refractivity contribution in [3.63, 3.8) is 0 Å². The smallest absolute Gasteiger partial charge is 0.306 e. The van der Waals surface area contributed by atoms with Gasteiger partial charge in [-0.3, -0.25) is 4.57 Å².